The zero-order chi connectivity index (χ0) is 13.8. The summed E-state index contributed by atoms with van der Waals surface area (Å²) in [5.74, 6) is -1.23. The summed E-state index contributed by atoms with van der Waals surface area (Å²) in [6.07, 6.45) is -3.10. The van der Waals surface area contributed by atoms with E-state index in [1.54, 1.807) is 0 Å². The number of hydrogen-bond donors (Lipinski definition) is 1. The van der Waals surface area contributed by atoms with Crippen LogP contribution in [0, 0.1) is 5.82 Å². The van der Waals surface area contributed by atoms with E-state index in [1.165, 1.54) is 6.07 Å². The number of alkyl halides is 3. The summed E-state index contributed by atoms with van der Waals surface area (Å²) in [4.78, 5) is 0. The van der Waals surface area contributed by atoms with Crippen LogP contribution in [0.1, 0.15) is 43.9 Å². The lowest BCUT2D eigenvalue weighted by Gasteiger charge is -2.18. The van der Waals surface area contributed by atoms with Gasteiger partial charge in [0.05, 0.1) is 5.56 Å². The van der Waals surface area contributed by atoms with Crippen LogP contribution in [0.4, 0.5) is 17.6 Å². The maximum absolute atomic E-state index is 13.1. The molecule has 0 fully saturated rings. The largest absolute Gasteiger partial charge is 0.419 e. The molecule has 0 spiro atoms. The molecule has 0 amide bonds. The molecule has 0 aliphatic carbocycles. The second-order valence-electron chi connectivity index (χ2n) is 4.15. The molecule has 0 heterocycles. The number of benzene rings is 1. The van der Waals surface area contributed by atoms with Gasteiger partial charge in [0, 0.05) is 6.04 Å². The van der Waals surface area contributed by atoms with Crippen molar-refractivity contribution in [3.8, 4) is 0 Å². The maximum atomic E-state index is 13.1. The normalized spacial score (nSPS) is 13.7. The fourth-order valence-corrected chi connectivity index (χ4v) is 1.79. The van der Waals surface area contributed by atoms with E-state index in [9.17, 15) is 17.6 Å². The van der Waals surface area contributed by atoms with Gasteiger partial charge in [-0.2, -0.15) is 13.2 Å². The number of rotatable bonds is 5. The molecule has 0 saturated heterocycles. The van der Waals surface area contributed by atoms with Gasteiger partial charge in [0.15, 0.2) is 0 Å². The van der Waals surface area contributed by atoms with E-state index in [2.05, 4.69) is 5.32 Å². The van der Waals surface area contributed by atoms with Crippen molar-refractivity contribution in [3.05, 3.63) is 35.1 Å². The standard InChI is InChI=1S/C13H17F4N/c1-3-7-18-12(4-2)9-5-6-11(14)10(8-9)13(15,16)17/h5-6,8,12,18H,3-4,7H2,1-2H3. The summed E-state index contributed by atoms with van der Waals surface area (Å²) >= 11 is 0. The lowest BCUT2D eigenvalue weighted by atomic mass is 10.0. The monoisotopic (exact) mass is 263 g/mol. The first-order valence-corrected chi connectivity index (χ1v) is 6.00. The van der Waals surface area contributed by atoms with Crippen LogP contribution in [0.25, 0.3) is 0 Å². The Balaban J connectivity index is 3.02. The first-order chi connectivity index (χ1) is 8.40. The molecular weight excluding hydrogens is 246 g/mol. The highest BCUT2D eigenvalue weighted by molar-refractivity contribution is 5.29. The van der Waals surface area contributed by atoms with Crippen LogP contribution in [0.15, 0.2) is 18.2 Å². The first-order valence-electron chi connectivity index (χ1n) is 6.00. The topological polar surface area (TPSA) is 12.0 Å². The minimum absolute atomic E-state index is 0.174. The molecule has 0 radical (unpaired) electrons. The highest BCUT2D eigenvalue weighted by Gasteiger charge is 2.34. The van der Waals surface area contributed by atoms with Gasteiger partial charge in [-0.25, -0.2) is 4.39 Å². The Bertz CT molecular complexity index is 387. The highest BCUT2D eigenvalue weighted by atomic mass is 19.4. The van der Waals surface area contributed by atoms with Crippen molar-refractivity contribution in [1.29, 1.82) is 0 Å². The number of halogens is 4. The summed E-state index contributed by atoms with van der Waals surface area (Å²) in [5.41, 5.74) is -0.726. The zero-order valence-corrected chi connectivity index (χ0v) is 10.4. The Morgan fingerprint density at radius 3 is 2.39 bits per heavy atom. The summed E-state index contributed by atoms with van der Waals surface area (Å²) < 4.78 is 50.9. The smallest absolute Gasteiger partial charge is 0.310 e. The molecule has 1 aromatic carbocycles. The van der Waals surface area contributed by atoms with Crippen molar-refractivity contribution < 1.29 is 17.6 Å². The van der Waals surface area contributed by atoms with Gasteiger partial charge in [0.2, 0.25) is 0 Å². The van der Waals surface area contributed by atoms with Gasteiger partial charge in [-0.1, -0.05) is 19.9 Å². The minimum atomic E-state index is -4.65. The average Bonchev–Trinajstić information content (AvgIpc) is 2.30. The maximum Gasteiger partial charge on any atom is 0.419 e. The van der Waals surface area contributed by atoms with Crippen LogP contribution < -0.4 is 5.32 Å². The summed E-state index contributed by atoms with van der Waals surface area (Å²) in [6, 6.07) is 3.01. The highest BCUT2D eigenvalue weighted by Crippen LogP contribution is 2.33. The lowest BCUT2D eigenvalue weighted by Crippen LogP contribution is -2.22. The first kappa shape index (κ1) is 15.0. The molecular formula is C13H17F4N. The van der Waals surface area contributed by atoms with Crippen molar-refractivity contribution in [2.45, 2.75) is 38.9 Å². The Morgan fingerprint density at radius 1 is 1.22 bits per heavy atom. The van der Waals surface area contributed by atoms with E-state index in [4.69, 9.17) is 0 Å². The summed E-state index contributed by atoms with van der Waals surface area (Å²) in [7, 11) is 0. The Labute approximate surface area is 104 Å². The van der Waals surface area contributed by atoms with Gasteiger partial charge in [-0.05, 0) is 37.1 Å². The van der Waals surface area contributed by atoms with Gasteiger partial charge in [0.25, 0.3) is 0 Å². The molecule has 102 valence electrons. The van der Waals surface area contributed by atoms with E-state index >= 15 is 0 Å². The fraction of sp³-hybridized carbons (Fsp3) is 0.538. The van der Waals surface area contributed by atoms with Crippen LogP contribution in [0.5, 0.6) is 0 Å². The van der Waals surface area contributed by atoms with E-state index in [1.807, 2.05) is 13.8 Å². The van der Waals surface area contributed by atoms with Gasteiger partial charge in [-0.3, -0.25) is 0 Å². The molecule has 1 rings (SSSR count). The van der Waals surface area contributed by atoms with E-state index < -0.39 is 17.6 Å². The molecule has 1 N–H and O–H groups in total. The van der Waals surface area contributed by atoms with Crippen LogP contribution in [0.2, 0.25) is 0 Å². The third-order valence-electron chi connectivity index (χ3n) is 2.75. The van der Waals surface area contributed by atoms with E-state index in [0.717, 1.165) is 25.1 Å². The molecule has 1 nitrogen and oxygen atoms in total. The lowest BCUT2D eigenvalue weighted by molar-refractivity contribution is -0.140. The van der Waals surface area contributed by atoms with Crippen molar-refractivity contribution in [2.75, 3.05) is 6.54 Å². The average molecular weight is 263 g/mol. The van der Waals surface area contributed by atoms with Crippen molar-refractivity contribution in [1.82, 2.24) is 5.32 Å². The summed E-state index contributed by atoms with van der Waals surface area (Å²) in [6.45, 7) is 4.58. The van der Waals surface area contributed by atoms with Gasteiger partial charge >= 0.3 is 6.18 Å². The van der Waals surface area contributed by atoms with Gasteiger partial charge in [0.1, 0.15) is 5.82 Å². The molecule has 0 aromatic heterocycles. The molecule has 5 heteroatoms. The SMILES string of the molecule is CCCNC(CC)c1ccc(F)c(C(F)(F)F)c1. The van der Waals surface area contributed by atoms with E-state index in [0.29, 0.717) is 12.0 Å². The van der Waals surface area contributed by atoms with Crippen LogP contribution in [-0.2, 0) is 6.18 Å². The number of hydrogen-bond acceptors (Lipinski definition) is 1. The molecule has 0 aliphatic rings. The van der Waals surface area contributed by atoms with Crippen molar-refractivity contribution in [2.24, 2.45) is 0 Å². The third-order valence-corrected chi connectivity index (χ3v) is 2.75. The molecule has 0 saturated carbocycles. The fourth-order valence-electron chi connectivity index (χ4n) is 1.79. The quantitative estimate of drug-likeness (QED) is 0.781. The predicted octanol–water partition coefficient (Wildman–Crippen LogP) is 4.30. The second-order valence-corrected chi connectivity index (χ2v) is 4.15. The zero-order valence-electron chi connectivity index (χ0n) is 10.4. The van der Waals surface area contributed by atoms with Crippen LogP contribution in [-0.4, -0.2) is 6.54 Å². The predicted molar refractivity (Wildman–Crippen MR) is 62.7 cm³/mol. The molecule has 0 bridgehead atoms. The van der Waals surface area contributed by atoms with Crippen LogP contribution in [0.3, 0.4) is 0 Å². The Morgan fingerprint density at radius 2 is 1.89 bits per heavy atom. The minimum Gasteiger partial charge on any atom is -0.310 e. The third kappa shape index (κ3) is 3.70. The van der Waals surface area contributed by atoms with E-state index in [-0.39, 0.29) is 6.04 Å². The molecule has 1 atom stereocenters. The molecule has 1 unspecified atom stereocenters. The van der Waals surface area contributed by atoms with Crippen molar-refractivity contribution >= 4 is 0 Å². The molecule has 1 aromatic rings. The number of nitrogens with one attached hydrogen (secondary N) is 1. The molecule has 0 aliphatic heterocycles. The Kier molecular flexibility index (Phi) is 5.14. The van der Waals surface area contributed by atoms with Crippen molar-refractivity contribution in [3.63, 3.8) is 0 Å². The Hall–Kier alpha value is -1.10. The van der Waals surface area contributed by atoms with Gasteiger partial charge < -0.3 is 5.32 Å². The van der Waals surface area contributed by atoms with Crippen LogP contribution >= 0.6 is 0 Å². The second kappa shape index (κ2) is 6.18. The summed E-state index contributed by atoms with van der Waals surface area (Å²) in [5, 5.41) is 3.14. The van der Waals surface area contributed by atoms with Gasteiger partial charge in [-0.15, -0.1) is 0 Å². The molecule has 18 heavy (non-hydrogen) atoms.